The first-order valence-electron chi connectivity index (χ1n) is 9.88. The molecule has 0 N–H and O–H groups in total. The summed E-state index contributed by atoms with van der Waals surface area (Å²) < 4.78 is 34.4. The maximum Gasteiger partial charge on any atom is 0.338 e. The van der Waals surface area contributed by atoms with E-state index in [1.807, 2.05) is 30.6 Å². The molecule has 9 heteroatoms. The molecule has 0 bridgehead atoms. The number of fused-ring (bicyclic) bond motifs is 1. The fraction of sp³-hybridized carbons (Fsp3) is 0.333. The summed E-state index contributed by atoms with van der Waals surface area (Å²) in [4.78, 5) is 18.6. The minimum atomic E-state index is -3.60. The molecule has 8 nitrogen and oxygen atoms in total. The maximum atomic E-state index is 13.0. The van der Waals surface area contributed by atoms with Gasteiger partial charge >= 0.3 is 5.97 Å². The zero-order valence-electron chi connectivity index (χ0n) is 16.8. The Morgan fingerprint density at radius 3 is 2.43 bits per heavy atom. The average molecular weight is 429 g/mol. The van der Waals surface area contributed by atoms with Crippen LogP contribution in [0.1, 0.15) is 17.3 Å². The van der Waals surface area contributed by atoms with E-state index in [-0.39, 0.29) is 11.5 Å². The Morgan fingerprint density at radius 1 is 1.03 bits per heavy atom. The number of imidazole rings is 1. The highest BCUT2D eigenvalue weighted by Gasteiger charge is 2.28. The third-order valence-electron chi connectivity index (χ3n) is 5.21. The van der Waals surface area contributed by atoms with E-state index in [1.54, 1.807) is 6.92 Å². The van der Waals surface area contributed by atoms with E-state index in [0.29, 0.717) is 38.4 Å². The van der Waals surface area contributed by atoms with Gasteiger partial charge in [0.15, 0.2) is 0 Å². The Balaban J connectivity index is 1.40. The number of benzene rings is 2. The number of esters is 1. The lowest BCUT2D eigenvalue weighted by Crippen LogP contribution is -2.48. The molecule has 0 spiro atoms. The SMILES string of the molecule is CCOC(=O)c1ccc(S(=O)(=O)N2CCN(Cn3cnc4ccccc43)CC2)cc1. The van der Waals surface area contributed by atoms with Crippen molar-refractivity contribution in [3.63, 3.8) is 0 Å². The van der Waals surface area contributed by atoms with Crippen LogP contribution in [-0.2, 0) is 21.4 Å². The largest absolute Gasteiger partial charge is 0.462 e. The summed E-state index contributed by atoms with van der Waals surface area (Å²) in [5.74, 6) is -0.456. The third kappa shape index (κ3) is 4.09. The Hall–Kier alpha value is -2.75. The molecule has 0 unspecified atom stereocenters. The number of hydrogen-bond donors (Lipinski definition) is 0. The van der Waals surface area contributed by atoms with Crippen molar-refractivity contribution in [2.45, 2.75) is 18.5 Å². The summed E-state index contributed by atoms with van der Waals surface area (Å²) in [5.41, 5.74) is 2.35. The number of ether oxygens (including phenoxy) is 1. The molecule has 1 aliphatic rings. The quantitative estimate of drug-likeness (QED) is 0.560. The number of carbonyl (C=O) groups is 1. The molecular weight excluding hydrogens is 404 g/mol. The van der Waals surface area contributed by atoms with Crippen LogP contribution < -0.4 is 0 Å². The molecule has 0 saturated carbocycles. The molecule has 2 aromatic carbocycles. The Morgan fingerprint density at radius 2 is 1.73 bits per heavy atom. The molecule has 0 aliphatic carbocycles. The van der Waals surface area contributed by atoms with Crippen LogP contribution in [0.4, 0.5) is 0 Å². The standard InChI is InChI=1S/C21H24N4O4S/c1-2-29-21(26)17-7-9-18(10-8-17)30(27,28)25-13-11-23(12-14-25)16-24-15-22-19-5-3-4-6-20(19)24/h3-10,15H,2,11-14,16H2,1H3. The van der Waals surface area contributed by atoms with Gasteiger partial charge in [0.05, 0.1) is 41.1 Å². The summed E-state index contributed by atoms with van der Waals surface area (Å²) in [5, 5.41) is 0. The average Bonchev–Trinajstić information content (AvgIpc) is 3.17. The van der Waals surface area contributed by atoms with Crippen molar-refractivity contribution >= 4 is 27.0 Å². The van der Waals surface area contributed by atoms with Gasteiger partial charge in [-0.15, -0.1) is 0 Å². The van der Waals surface area contributed by atoms with Crippen molar-refractivity contribution in [2.75, 3.05) is 32.8 Å². The van der Waals surface area contributed by atoms with Gasteiger partial charge in [-0.1, -0.05) is 12.1 Å². The van der Waals surface area contributed by atoms with Crippen LogP contribution in [0.5, 0.6) is 0 Å². The van der Waals surface area contributed by atoms with Gasteiger partial charge in [0.1, 0.15) is 0 Å². The minimum Gasteiger partial charge on any atom is -0.462 e. The van der Waals surface area contributed by atoms with Crippen molar-refractivity contribution in [1.82, 2.24) is 18.8 Å². The van der Waals surface area contributed by atoms with E-state index < -0.39 is 16.0 Å². The molecule has 0 radical (unpaired) electrons. The van der Waals surface area contributed by atoms with E-state index in [4.69, 9.17) is 4.74 Å². The van der Waals surface area contributed by atoms with Gasteiger partial charge in [-0.3, -0.25) is 4.90 Å². The number of carbonyl (C=O) groups excluding carboxylic acids is 1. The Bertz CT molecular complexity index is 1130. The van der Waals surface area contributed by atoms with Crippen LogP contribution in [-0.4, -0.2) is 65.9 Å². The molecule has 1 aromatic heterocycles. The van der Waals surface area contributed by atoms with Crippen LogP contribution in [0.15, 0.2) is 59.8 Å². The van der Waals surface area contributed by atoms with Gasteiger partial charge in [0.25, 0.3) is 0 Å². The van der Waals surface area contributed by atoms with Crippen LogP contribution in [0.25, 0.3) is 11.0 Å². The van der Waals surface area contributed by atoms with Gasteiger partial charge in [0, 0.05) is 26.2 Å². The van der Waals surface area contributed by atoms with Crippen LogP contribution >= 0.6 is 0 Å². The predicted molar refractivity (Wildman–Crippen MR) is 112 cm³/mol. The first kappa shape index (κ1) is 20.5. The lowest BCUT2D eigenvalue weighted by Gasteiger charge is -2.34. The van der Waals surface area contributed by atoms with Gasteiger partial charge in [-0.05, 0) is 43.3 Å². The molecule has 4 rings (SSSR count). The molecule has 0 atom stereocenters. The highest BCUT2D eigenvalue weighted by molar-refractivity contribution is 7.89. The van der Waals surface area contributed by atoms with Gasteiger partial charge < -0.3 is 9.30 Å². The Kier molecular flexibility index (Phi) is 5.85. The normalized spacial score (nSPS) is 16.0. The van der Waals surface area contributed by atoms with Crippen molar-refractivity contribution in [3.8, 4) is 0 Å². The number of nitrogens with zero attached hydrogens (tertiary/aromatic N) is 4. The second-order valence-electron chi connectivity index (χ2n) is 7.11. The molecule has 1 aliphatic heterocycles. The van der Waals surface area contributed by atoms with E-state index >= 15 is 0 Å². The van der Waals surface area contributed by atoms with Crippen molar-refractivity contribution < 1.29 is 17.9 Å². The second-order valence-corrected chi connectivity index (χ2v) is 9.05. The number of hydrogen-bond acceptors (Lipinski definition) is 6. The molecule has 0 amide bonds. The molecule has 3 aromatic rings. The fourth-order valence-electron chi connectivity index (χ4n) is 3.58. The second kappa shape index (κ2) is 8.55. The fourth-order valence-corrected chi connectivity index (χ4v) is 5.00. The summed E-state index contributed by atoms with van der Waals surface area (Å²) >= 11 is 0. The van der Waals surface area contributed by atoms with Gasteiger partial charge in [-0.25, -0.2) is 18.2 Å². The van der Waals surface area contributed by atoms with E-state index in [1.165, 1.54) is 28.6 Å². The molecule has 1 saturated heterocycles. The highest BCUT2D eigenvalue weighted by atomic mass is 32.2. The zero-order chi connectivity index (χ0) is 21.1. The van der Waals surface area contributed by atoms with Crippen LogP contribution in [0, 0.1) is 0 Å². The zero-order valence-corrected chi connectivity index (χ0v) is 17.6. The molecule has 158 valence electrons. The molecule has 1 fully saturated rings. The molecule has 30 heavy (non-hydrogen) atoms. The predicted octanol–water partition coefficient (Wildman–Crippen LogP) is 2.18. The smallest absolute Gasteiger partial charge is 0.338 e. The van der Waals surface area contributed by atoms with E-state index in [9.17, 15) is 13.2 Å². The minimum absolute atomic E-state index is 0.185. The topological polar surface area (TPSA) is 84.7 Å². The molecular formula is C21H24N4O4S. The van der Waals surface area contributed by atoms with Crippen molar-refractivity contribution in [2.24, 2.45) is 0 Å². The number of rotatable bonds is 6. The number of para-hydroxylation sites is 2. The summed E-state index contributed by atoms with van der Waals surface area (Å²) in [6.07, 6.45) is 1.82. The summed E-state index contributed by atoms with van der Waals surface area (Å²) in [7, 11) is -3.60. The third-order valence-corrected chi connectivity index (χ3v) is 7.13. The highest BCUT2D eigenvalue weighted by Crippen LogP contribution is 2.20. The lowest BCUT2D eigenvalue weighted by molar-refractivity contribution is 0.0526. The summed E-state index contributed by atoms with van der Waals surface area (Å²) in [6.45, 7) is 4.76. The van der Waals surface area contributed by atoms with Crippen molar-refractivity contribution in [3.05, 3.63) is 60.4 Å². The van der Waals surface area contributed by atoms with Crippen LogP contribution in [0.2, 0.25) is 0 Å². The maximum absolute atomic E-state index is 13.0. The monoisotopic (exact) mass is 428 g/mol. The first-order valence-corrected chi connectivity index (χ1v) is 11.3. The molecule has 2 heterocycles. The Labute approximate surface area is 175 Å². The number of aromatic nitrogens is 2. The van der Waals surface area contributed by atoms with E-state index in [2.05, 4.69) is 14.5 Å². The summed E-state index contributed by atoms with van der Waals surface area (Å²) in [6, 6.07) is 13.9. The lowest BCUT2D eigenvalue weighted by atomic mass is 10.2. The van der Waals surface area contributed by atoms with Gasteiger partial charge in [0.2, 0.25) is 10.0 Å². The number of piperazine rings is 1. The van der Waals surface area contributed by atoms with Gasteiger partial charge in [-0.2, -0.15) is 4.31 Å². The van der Waals surface area contributed by atoms with Crippen molar-refractivity contribution in [1.29, 1.82) is 0 Å². The van der Waals surface area contributed by atoms with E-state index in [0.717, 1.165) is 11.0 Å². The van der Waals surface area contributed by atoms with Crippen LogP contribution in [0.3, 0.4) is 0 Å². The first-order chi connectivity index (χ1) is 14.5. The number of sulfonamides is 1.